The summed E-state index contributed by atoms with van der Waals surface area (Å²) in [6.45, 7) is 7.84. The number of nitrogens with two attached hydrogens (primary N) is 1. The molecule has 1 aliphatic rings. The third-order valence-corrected chi connectivity index (χ3v) is 4.67. The van der Waals surface area contributed by atoms with Gasteiger partial charge < -0.3 is 15.8 Å². The third kappa shape index (κ3) is 3.40. The lowest BCUT2D eigenvalue weighted by Crippen LogP contribution is -2.54. The lowest BCUT2D eigenvalue weighted by Gasteiger charge is -2.38. The van der Waals surface area contributed by atoms with Crippen LogP contribution in [0.5, 0.6) is 0 Å². The molecule has 20 heavy (non-hydrogen) atoms. The number of aromatic nitrogens is 1. The topological polar surface area (TPSA) is 78.0 Å². The van der Waals surface area contributed by atoms with Crippen molar-refractivity contribution in [3.05, 3.63) is 11.1 Å². The van der Waals surface area contributed by atoms with E-state index in [9.17, 15) is 0 Å². The summed E-state index contributed by atoms with van der Waals surface area (Å²) in [6, 6.07) is 0.0465. The van der Waals surface area contributed by atoms with Crippen LogP contribution in [-0.2, 0) is 0 Å². The molecule has 0 bridgehead atoms. The van der Waals surface area contributed by atoms with Gasteiger partial charge in [0.15, 0.2) is 11.0 Å². The van der Waals surface area contributed by atoms with Crippen LogP contribution in [0, 0.1) is 6.92 Å². The number of rotatable bonds is 5. The molecule has 1 aromatic heterocycles. The molecule has 0 aromatic carbocycles. The average Bonchev–Trinajstić information content (AvgIpc) is 2.91. The van der Waals surface area contributed by atoms with Gasteiger partial charge in [0.2, 0.25) is 0 Å². The van der Waals surface area contributed by atoms with Crippen molar-refractivity contribution in [1.82, 2.24) is 9.88 Å². The summed E-state index contributed by atoms with van der Waals surface area (Å²) in [7, 11) is 0. The summed E-state index contributed by atoms with van der Waals surface area (Å²) < 4.78 is 0. The van der Waals surface area contributed by atoms with Gasteiger partial charge in [-0.3, -0.25) is 4.90 Å². The van der Waals surface area contributed by atoms with E-state index in [1.165, 1.54) is 0 Å². The fourth-order valence-corrected chi connectivity index (χ4v) is 3.43. The maximum Gasteiger partial charge on any atom is 0.185 e. The maximum atomic E-state index is 8.91. The van der Waals surface area contributed by atoms with E-state index >= 15 is 0 Å². The molecule has 6 nitrogen and oxygen atoms in total. The Hall–Kier alpha value is -1.34. The minimum Gasteiger partial charge on any atom is -0.409 e. The highest BCUT2D eigenvalue weighted by Crippen LogP contribution is 2.22. The Bertz CT molecular complexity index is 453. The van der Waals surface area contributed by atoms with E-state index in [-0.39, 0.29) is 6.04 Å². The number of amidine groups is 1. The van der Waals surface area contributed by atoms with Crippen molar-refractivity contribution in [3.8, 4) is 0 Å². The summed E-state index contributed by atoms with van der Waals surface area (Å²) in [6.07, 6.45) is 1.94. The van der Waals surface area contributed by atoms with E-state index in [1.807, 2.05) is 6.92 Å². The lowest BCUT2D eigenvalue weighted by molar-refractivity contribution is 0.211. The second kappa shape index (κ2) is 6.90. The molecule has 1 atom stereocenters. The average molecular weight is 297 g/mol. The van der Waals surface area contributed by atoms with Gasteiger partial charge in [0.1, 0.15) is 0 Å². The number of hydrogen-bond acceptors (Lipinski definition) is 6. The standard InChI is InChI=1S/C13H23N5OS/c1-3-4-11(12(14)16-19)17-5-7-18(8-6-17)13-15-10(2)9-20-13/h9,11,19H,3-8H2,1-2H3,(H2,14,16). The normalized spacial score (nSPS) is 19.3. The van der Waals surface area contributed by atoms with E-state index in [4.69, 9.17) is 10.9 Å². The van der Waals surface area contributed by atoms with E-state index in [0.29, 0.717) is 5.84 Å². The van der Waals surface area contributed by atoms with Crippen LogP contribution in [-0.4, -0.2) is 53.1 Å². The summed E-state index contributed by atoms with van der Waals surface area (Å²) in [5.74, 6) is 0.324. The highest BCUT2D eigenvalue weighted by atomic mass is 32.1. The Kier molecular flexibility index (Phi) is 5.19. The molecule has 2 rings (SSSR count). The van der Waals surface area contributed by atoms with Crippen molar-refractivity contribution in [2.45, 2.75) is 32.7 Å². The van der Waals surface area contributed by atoms with Gasteiger partial charge in [0.25, 0.3) is 0 Å². The van der Waals surface area contributed by atoms with Crippen molar-refractivity contribution >= 4 is 22.3 Å². The molecule has 2 heterocycles. The van der Waals surface area contributed by atoms with Crippen molar-refractivity contribution in [2.24, 2.45) is 10.9 Å². The summed E-state index contributed by atoms with van der Waals surface area (Å²) in [5.41, 5.74) is 6.89. The van der Waals surface area contributed by atoms with Crippen LogP contribution < -0.4 is 10.6 Å². The number of piperazine rings is 1. The van der Waals surface area contributed by atoms with E-state index in [1.54, 1.807) is 11.3 Å². The van der Waals surface area contributed by atoms with Crippen LogP contribution in [0.4, 0.5) is 5.13 Å². The van der Waals surface area contributed by atoms with Gasteiger partial charge in [-0.25, -0.2) is 4.98 Å². The number of hydrogen-bond donors (Lipinski definition) is 2. The molecule has 0 aliphatic carbocycles. The second-order valence-electron chi connectivity index (χ2n) is 5.12. The lowest BCUT2D eigenvalue weighted by atomic mass is 10.1. The molecule has 1 unspecified atom stereocenters. The Labute approximate surface area is 123 Å². The fraction of sp³-hybridized carbons (Fsp3) is 0.692. The van der Waals surface area contributed by atoms with Crippen molar-refractivity contribution in [3.63, 3.8) is 0 Å². The monoisotopic (exact) mass is 297 g/mol. The first-order valence-electron chi connectivity index (χ1n) is 7.04. The molecule has 3 N–H and O–H groups in total. The fourth-order valence-electron chi connectivity index (χ4n) is 2.57. The van der Waals surface area contributed by atoms with Crippen LogP contribution in [0.25, 0.3) is 0 Å². The second-order valence-corrected chi connectivity index (χ2v) is 5.96. The third-order valence-electron chi connectivity index (χ3n) is 3.65. The molecular weight excluding hydrogens is 274 g/mol. The molecule has 112 valence electrons. The van der Waals surface area contributed by atoms with Gasteiger partial charge in [-0.1, -0.05) is 18.5 Å². The zero-order valence-corrected chi connectivity index (χ0v) is 12.9. The molecular formula is C13H23N5OS. The summed E-state index contributed by atoms with van der Waals surface area (Å²) in [5, 5.41) is 15.3. The number of anilines is 1. The summed E-state index contributed by atoms with van der Waals surface area (Å²) >= 11 is 1.69. The van der Waals surface area contributed by atoms with Crippen LogP contribution in [0.2, 0.25) is 0 Å². The van der Waals surface area contributed by atoms with Crippen LogP contribution in [0.1, 0.15) is 25.5 Å². The van der Waals surface area contributed by atoms with Gasteiger partial charge in [-0.05, 0) is 13.3 Å². The first kappa shape index (κ1) is 15.1. The molecule has 1 fully saturated rings. The molecule has 0 spiro atoms. The van der Waals surface area contributed by atoms with Crippen molar-refractivity contribution in [1.29, 1.82) is 0 Å². The highest BCUT2D eigenvalue weighted by Gasteiger charge is 2.26. The summed E-state index contributed by atoms with van der Waals surface area (Å²) in [4.78, 5) is 9.14. The molecule has 0 saturated carbocycles. The zero-order valence-electron chi connectivity index (χ0n) is 12.1. The Morgan fingerprint density at radius 1 is 1.50 bits per heavy atom. The molecule has 1 saturated heterocycles. The Morgan fingerprint density at radius 2 is 2.20 bits per heavy atom. The predicted octanol–water partition coefficient (Wildman–Crippen LogP) is 1.49. The molecule has 0 amide bonds. The number of oxime groups is 1. The van der Waals surface area contributed by atoms with Crippen molar-refractivity contribution < 1.29 is 5.21 Å². The Morgan fingerprint density at radius 3 is 2.70 bits per heavy atom. The van der Waals surface area contributed by atoms with Crippen molar-refractivity contribution in [2.75, 3.05) is 31.1 Å². The zero-order chi connectivity index (χ0) is 14.5. The van der Waals surface area contributed by atoms with Crippen LogP contribution in [0.3, 0.4) is 0 Å². The molecule has 0 radical (unpaired) electrons. The first-order valence-corrected chi connectivity index (χ1v) is 7.92. The van der Waals surface area contributed by atoms with Gasteiger partial charge in [-0.15, -0.1) is 11.3 Å². The van der Waals surface area contributed by atoms with Gasteiger partial charge >= 0.3 is 0 Å². The highest BCUT2D eigenvalue weighted by molar-refractivity contribution is 7.13. The quantitative estimate of drug-likeness (QED) is 0.373. The van der Waals surface area contributed by atoms with Crippen LogP contribution in [0.15, 0.2) is 10.5 Å². The molecule has 1 aliphatic heterocycles. The Balaban J connectivity index is 1.95. The first-order chi connectivity index (χ1) is 9.65. The van der Waals surface area contributed by atoms with E-state index in [0.717, 1.165) is 49.8 Å². The number of thiazole rings is 1. The smallest absolute Gasteiger partial charge is 0.185 e. The minimum atomic E-state index is 0.0465. The minimum absolute atomic E-state index is 0.0465. The largest absolute Gasteiger partial charge is 0.409 e. The van der Waals surface area contributed by atoms with Gasteiger partial charge in [0, 0.05) is 31.6 Å². The van der Waals surface area contributed by atoms with Gasteiger partial charge in [-0.2, -0.15) is 0 Å². The number of nitrogens with zero attached hydrogens (tertiary/aromatic N) is 4. The van der Waals surface area contributed by atoms with E-state index in [2.05, 4.69) is 32.2 Å². The number of aryl methyl sites for hydroxylation is 1. The van der Waals surface area contributed by atoms with Crippen LogP contribution >= 0.6 is 11.3 Å². The maximum absolute atomic E-state index is 8.91. The molecule has 7 heteroatoms. The SMILES string of the molecule is CCCC(C(N)=NO)N1CCN(c2nc(C)cs2)CC1. The molecule has 1 aromatic rings. The van der Waals surface area contributed by atoms with E-state index < -0.39 is 0 Å². The predicted molar refractivity (Wildman–Crippen MR) is 82.7 cm³/mol. The van der Waals surface area contributed by atoms with Gasteiger partial charge in [0.05, 0.1) is 11.7 Å².